The number of halogens is 2. The third-order valence-corrected chi connectivity index (χ3v) is 4.62. The highest BCUT2D eigenvalue weighted by Crippen LogP contribution is 2.29. The van der Waals surface area contributed by atoms with Gasteiger partial charge in [-0.3, -0.25) is 4.79 Å². The van der Waals surface area contributed by atoms with Gasteiger partial charge in [-0.15, -0.1) is 0 Å². The van der Waals surface area contributed by atoms with Gasteiger partial charge in [0.25, 0.3) is 0 Å². The molecule has 1 atom stereocenters. The number of hydrogen-bond donors (Lipinski definition) is 0. The number of nitrogens with zero attached hydrogens (tertiary/aromatic N) is 1. The fourth-order valence-electron chi connectivity index (χ4n) is 2.42. The molecular weight excluding hydrogens is 357 g/mol. The third kappa shape index (κ3) is 4.20. The number of amides is 1. The summed E-state index contributed by atoms with van der Waals surface area (Å²) in [5, 5.41) is 0. The Bertz CT molecular complexity index is 687. The van der Waals surface area contributed by atoms with E-state index in [4.69, 9.17) is 0 Å². The maximum atomic E-state index is 14.0. The predicted molar refractivity (Wildman–Crippen MR) is 95.9 cm³/mol. The van der Waals surface area contributed by atoms with Crippen molar-refractivity contribution in [3.05, 3.63) is 63.9 Å². The summed E-state index contributed by atoms with van der Waals surface area (Å²) in [5.74, 6) is -0.452. The molecule has 0 N–H and O–H groups in total. The van der Waals surface area contributed by atoms with Crippen LogP contribution in [-0.2, 0) is 11.3 Å². The molecule has 0 unspecified atom stereocenters. The lowest BCUT2D eigenvalue weighted by Gasteiger charge is -2.27. The Morgan fingerprint density at radius 2 is 1.91 bits per heavy atom. The van der Waals surface area contributed by atoms with E-state index in [9.17, 15) is 9.18 Å². The summed E-state index contributed by atoms with van der Waals surface area (Å²) in [7, 11) is 0. The van der Waals surface area contributed by atoms with Gasteiger partial charge in [-0.1, -0.05) is 44.2 Å². The second-order valence-corrected chi connectivity index (χ2v) is 6.63. The van der Waals surface area contributed by atoms with Crippen LogP contribution in [-0.4, -0.2) is 5.91 Å². The maximum absolute atomic E-state index is 14.0. The van der Waals surface area contributed by atoms with Gasteiger partial charge in [0, 0.05) is 11.6 Å². The van der Waals surface area contributed by atoms with Gasteiger partial charge in [-0.25, -0.2) is 4.39 Å². The van der Waals surface area contributed by atoms with E-state index in [1.165, 1.54) is 6.07 Å². The van der Waals surface area contributed by atoms with Crippen LogP contribution in [0.3, 0.4) is 0 Å². The number of rotatable bonds is 5. The standard InChI is InChI=1S/C19H21BrFNO/c1-4-13(2)19(23)22(12-15-8-6-5-7-9-15)18-11-17(21)16(20)10-14(18)3/h5-11,13H,4,12H2,1-3H3/t13-/m0/s1. The van der Waals surface area contributed by atoms with Crippen molar-refractivity contribution in [1.82, 2.24) is 0 Å². The van der Waals surface area contributed by atoms with Gasteiger partial charge in [-0.2, -0.15) is 0 Å². The normalized spacial score (nSPS) is 12.0. The van der Waals surface area contributed by atoms with Crippen LogP contribution in [0.1, 0.15) is 31.4 Å². The van der Waals surface area contributed by atoms with Crippen molar-refractivity contribution in [2.45, 2.75) is 33.7 Å². The quantitative estimate of drug-likeness (QED) is 0.675. The minimum Gasteiger partial charge on any atom is -0.307 e. The van der Waals surface area contributed by atoms with Crippen LogP contribution in [0.25, 0.3) is 0 Å². The zero-order valence-corrected chi connectivity index (χ0v) is 15.2. The van der Waals surface area contributed by atoms with Crippen LogP contribution in [0.4, 0.5) is 10.1 Å². The van der Waals surface area contributed by atoms with E-state index in [0.29, 0.717) is 16.7 Å². The molecule has 0 spiro atoms. The molecule has 2 aromatic carbocycles. The summed E-state index contributed by atoms with van der Waals surface area (Å²) >= 11 is 3.20. The third-order valence-electron chi connectivity index (χ3n) is 4.01. The summed E-state index contributed by atoms with van der Waals surface area (Å²) in [6, 6.07) is 12.9. The first kappa shape index (κ1) is 17.7. The van der Waals surface area contributed by atoms with Crippen LogP contribution in [0, 0.1) is 18.7 Å². The maximum Gasteiger partial charge on any atom is 0.230 e. The molecule has 0 saturated carbocycles. The summed E-state index contributed by atoms with van der Waals surface area (Å²) in [4.78, 5) is 14.5. The van der Waals surface area contributed by atoms with Gasteiger partial charge in [0.2, 0.25) is 5.91 Å². The molecule has 0 aliphatic heterocycles. The molecule has 122 valence electrons. The molecule has 0 heterocycles. The molecule has 0 saturated heterocycles. The molecule has 0 fully saturated rings. The van der Waals surface area contributed by atoms with Gasteiger partial charge in [0.1, 0.15) is 5.82 Å². The van der Waals surface area contributed by atoms with Crippen LogP contribution in [0.5, 0.6) is 0 Å². The van der Waals surface area contributed by atoms with E-state index in [1.807, 2.05) is 51.1 Å². The Kier molecular flexibility index (Phi) is 5.94. The molecular formula is C19H21BrFNO. The molecule has 0 radical (unpaired) electrons. The molecule has 0 bridgehead atoms. The SMILES string of the molecule is CC[C@H](C)C(=O)N(Cc1ccccc1)c1cc(F)c(Br)cc1C. The molecule has 0 aromatic heterocycles. The van der Waals surface area contributed by atoms with Crippen molar-refractivity contribution in [1.29, 1.82) is 0 Å². The summed E-state index contributed by atoms with van der Waals surface area (Å²) in [5.41, 5.74) is 2.51. The Balaban J connectivity index is 2.45. The van der Waals surface area contributed by atoms with E-state index in [2.05, 4.69) is 15.9 Å². The minimum atomic E-state index is -0.361. The fourth-order valence-corrected chi connectivity index (χ4v) is 2.87. The van der Waals surface area contributed by atoms with Gasteiger partial charge in [0.15, 0.2) is 0 Å². The first-order valence-electron chi connectivity index (χ1n) is 7.75. The monoisotopic (exact) mass is 377 g/mol. The number of benzene rings is 2. The Labute approximate surface area is 145 Å². The highest BCUT2D eigenvalue weighted by molar-refractivity contribution is 9.10. The summed E-state index contributed by atoms with van der Waals surface area (Å²) < 4.78 is 14.4. The van der Waals surface area contributed by atoms with Gasteiger partial charge in [0.05, 0.1) is 11.0 Å². The largest absolute Gasteiger partial charge is 0.307 e. The van der Waals surface area contributed by atoms with Gasteiger partial charge < -0.3 is 4.90 Å². The topological polar surface area (TPSA) is 20.3 Å². The van der Waals surface area contributed by atoms with Crippen LogP contribution in [0.15, 0.2) is 46.9 Å². The Morgan fingerprint density at radius 3 is 2.52 bits per heavy atom. The predicted octanol–water partition coefficient (Wildman–Crippen LogP) is 5.48. The molecule has 0 aliphatic rings. The number of aryl methyl sites for hydroxylation is 1. The summed E-state index contributed by atoms with van der Waals surface area (Å²) in [6.07, 6.45) is 0.752. The lowest BCUT2D eigenvalue weighted by atomic mass is 10.0. The molecule has 2 aromatic rings. The first-order valence-corrected chi connectivity index (χ1v) is 8.54. The van der Waals surface area contributed by atoms with Crippen molar-refractivity contribution >= 4 is 27.5 Å². The average Bonchev–Trinajstić information content (AvgIpc) is 2.56. The zero-order valence-electron chi connectivity index (χ0n) is 13.6. The van der Waals surface area contributed by atoms with Gasteiger partial charge in [-0.05, 0) is 52.5 Å². The lowest BCUT2D eigenvalue weighted by molar-refractivity contribution is -0.122. The van der Waals surface area contributed by atoms with Crippen molar-refractivity contribution in [3.63, 3.8) is 0 Å². The second-order valence-electron chi connectivity index (χ2n) is 5.77. The number of hydrogen-bond acceptors (Lipinski definition) is 1. The van der Waals surface area contributed by atoms with Crippen molar-refractivity contribution < 1.29 is 9.18 Å². The fraction of sp³-hybridized carbons (Fsp3) is 0.316. The van der Waals surface area contributed by atoms with Crippen LogP contribution in [0.2, 0.25) is 0 Å². The molecule has 1 amide bonds. The molecule has 23 heavy (non-hydrogen) atoms. The van der Waals surface area contributed by atoms with E-state index in [-0.39, 0.29) is 17.6 Å². The van der Waals surface area contributed by atoms with Crippen LogP contribution < -0.4 is 4.90 Å². The molecule has 2 rings (SSSR count). The van der Waals surface area contributed by atoms with E-state index in [1.54, 1.807) is 11.0 Å². The molecule has 2 nitrogen and oxygen atoms in total. The average molecular weight is 378 g/mol. The lowest BCUT2D eigenvalue weighted by Crippen LogP contribution is -2.35. The van der Waals surface area contributed by atoms with Gasteiger partial charge >= 0.3 is 0 Å². The van der Waals surface area contributed by atoms with Crippen molar-refractivity contribution in [3.8, 4) is 0 Å². The summed E-state index contributed by atoms with van der Waals surface area (Å²) in [6.45, 7) is 6.22. The Morgan fingerprint density at radius 1 is 1.26 bits per heavy atom. The number of anilines is 1. The highest BCUT2D eigenvalue weighted by Gasteiger charge is 2.23. The molecule has 0 aliphatic carbocycles. The van der Waals surface area contributed by atoms with Crippen molar-refractivity contribution in [2.75, 3.05) is 4.90 Å². The minimum absolute atomic E-state index is 0.0150. The van der Waals surface area contributed by atoms with E-state index < -0.39 is 0 Å². The van der Waals surface area contributed by atoms with Crippen LogP contribution >= 0.6 is 15.9 Å². The zero-order chi connectivity index (χ0) is 17.0. The first-order chi connectivity index (χ1) is 10.9. The van der Waals surface area contributed by atoms with Crippen molar-refractivity contribution in [2.24, 2.45) is 5.92 Å². The Hall–Kier alpha value is -1.68. The van der Waals surface area contributed by atoms with E-state index >= 15 is 0 Å². The molecule has 4 heteroatoms. The smallest absolute Gasteiger partial charge is 0.230 e. The second kappa shape index (κ2) is 7.73. The van der Waals surface area contributed by atoms with E-state index in [0.717, 1.165) is 17.5 Å². The number of carbonyl (C=O) groups is 1. The highest BCUT2D eigenvalue weighted by atomic mass is 79.9. The number of carbonyl (C=O) groups excluding carboxylic acids is 1.